The molecule has 1 aliphatic heterocycles. The molecule has 3 rings (SSSR count). The monoisotopic (exact) mass is 310 g/mol. The predicted molar refractivity (Wildman–Crippen MR) is 90.7 cm³/mol. The van der Waals surface area contributed by atoms with E-state index in [1.165, 1.54) is 24.0 Å². The number of amides is 1. The molecule has 0 aliphatic carbocycles. The Hall–Kier alpha value is -2.43. The molecule has 0 unspecified atom stereocenters. The first kappa shape index (κ1) is 15.5. The first-order valence-corrected chi connectivity index (χ1v) is 8.15. The van der Waals surface area contributed by atoms with Gasteiger partial charge in [-0.05, 0) is 49.4 Å². The number of carbonyl (C=O) groups excluding carboxylic acids is 1. The number of hydrogen-bond acceptors (Lipinski definition) is 4. The molecular weight excluding hydrogens is 288 g/mol. The summed E-state index contributed by atoms with van der Waals surface area (Å²) in [5, 5.41) is 11.1. The molecule has 1 saturated heterocycles. The fourth-order valence-electron chi connectivity index (χ4n) is 2.85. The van der Waals surface area contributed by atoms with Crippen molar-refractivity contribution >= 4 is 11.7 Å². The van der Waals surface area contributed by atoms with Crippen molar-refractivity contribution in [3.8, 4) is 0 Å². The van der Waals surface area contributed by atoms with Gasteiger partial charge in [-0.15, -0.1) is 10.2 Å². The molecular formula is C18H22N4O. The minimum atomic E-state index is -0.168. The Morgan fingerprint density at radius 2 is 1.91 bits per heavy atom. The van der Waals surface area contributed by atoms with Gasteiger partial charge >= 0.3 is 0 Å². The molecule has 0 bridgehead atoms. The third-order valence-electron chi connectivity index (χ3n) is 4.25. The van der Waals surface area contributed by atoms with Gasteiger partial charge in [-0.3, -0.25) is 4.79 Å². The second kappa shape index (κ2) is 7.22. The minimum Gasteiger partial charge on any atom is -0.355 e. The molecule has 1 aromatic carbocycles. The van der Waals surface area contributed by atoms with Crippen molar-refractivity contribution in [2.45, 2.75) is 26.2 Å². The standard InChI is InChI=1S/C18H22N4O/c1-14-6-2-3-7-15(14)10-11-19-18(23)16-8-9-17(21-20-16)22-12-4-5-13-22/h2-3,6-9H,4-5,10-13H2,1H3,(H,19,23). The summed E-state index contributed by atoms with van der Waals surface area (Å²) in [6, 6.07) is 11.9. The first-order chi connectivity index (χ1) is 11.2. The zero-order valence-electron chi connectivity index (χ0n) is 13.5. The van der Waals surface area contributed by atoms with Crippen LogP contribution in [0.1, 0.15) is 34.5 Å². The molecule has 23 heavy (non-hydrogen) atoms. The van der Waals surface area contributed by atoms with E-state index in [0.717, 1.165) is 25.3 Å². The fraction of sp³-hybridized carbons (Fsp3) is 0.389. The van der Waals surface area contributed by atoms with Crippen LogP contribution in [0, 0.1) is 6.92 Å². The second-order valence-corrected chi connectivity index (χ2v) is 5.90. The van der Waals surface area contributed by atoms with Gasteiger partial charge in [0.05, 0.1) is 0 Å². The van der Waals surface area contributed by atoms with E-state index in [1.807, 2.05) is 18.2 Å². The summed E-state index contributed by atoms with van der Waals surface area (Å²) in [4.78, 5) is 14.3. The van der Waals surface area contributed by atoms with E-state index >= 15 is 0 Å². The Balaban J connectivity index is 1.53. The van der Waals surface area contributed by atoms with E-state index in [9.17, 15) is 4.79 Å². The largest absolute Gasteiger partial charge is 0.355 e. The molecule has 120 valence electrons. The van der Waals surface area contributed by atoms with E-state index in [4.69, 9.17) is 0 Å². The van der Waals surface area contributed by atoms with Crippen LogP contribution in [0.3, 0.4) is 0 Å². The molecule has 1 fully saturated rings. The Morgan fingerprint density at radius 1 is 1.13 bits per heavy atom. The summed E-state index contributed by atoms with van der Waals surface area (Å²) in [7, 11) is 0. The maximum absolute atomic E-state index is 12.1. The molecule has 1 N–H and O–H groups in total. The number of anilines is 1. The minimum absolute atomic E-state index is 0.168. The van der Waals surface area contributed by atoms with Crippen LogP contribution in [0.4, 0.5) is 5.82 Å². The summed E-state index contributed by atoms with van der Waals surface area (Å²) < 4.78 is 0. The third kappa shape index (κ3) is 3.86. The highest BCUT2D eigenvalue weighted by Gasteiger charge is 2.15. The Kier molecular flexibility index (Phi) is 4.86. The average Bonchev–Trinajstić information content (AvgIpc) is 3.11. The normalized spacial score (nSPS) is 14.0. The maximum atomic E-state index is 12.1. The van der Waals surface area contributed by atoms with E-state index in [2.05, 4.69) is 39.5 Å². The molecule has 1 amide bonds. The molecule has 2 aromatic rings. The maximum Gasteiger partial charge on any atom is 0.271 e. The number of aromatic nitrogens is 2. The Labute approximate surface area is 136 Å². The molecule has 2 heterocycles. The van der Waals surface area contributed by atoms with Gasteiger partial charge in [-0.2, -0.15) is 0 Å². The summed E-state index contributed by atoms with van der Waals surface area (Å²) in [6.45, 7) is 4.73. The van der Waals surface area contributed by atoms with Gasteiger partial charge in [-0.25, -0.2) is 0 Å². The highest BCUT2D eigenvalue weighted by molar-refractivity contribution is 5.92. The quantitative estimate of drug-likeness (QED) is 0.921. The van der Waals surface area contributed by atoms with Crippen molar-refractivity contribution in [1.82, 2.24) is 15.5 Å². The molecule has 0 saturated carbocycles. The van der Waals surface area contributed by atoms with Crippen LogP contribution in [-0.4, -0.2) is 35.7 Å². The molecule has 0 spiro atoms. The summed E-state index contributed by atoms with van der Waals surface area (Å²) in [6.07, 6.45) is 3.21. The van der Waals surface area contributed by atoms with Crippen molar-refractivity contribution in [1.29, 1.82) is 0 Å². The molecule has 0 radical (unpaired) electrons. The van der Waals surface area contributed by atoms with E-state index in [1.54, 1.807) is 6.07 Å². The van der Waals surface area contributed by atoms with E-state index in [-0.39, 0.29) is 5.91 Å². The van der Waals surface area contributed by atoms with Crippen molar-refractivity contribution in [3.63, 3.8) is 0 Å². The number of aryl methyl sites for hydroxylation is 1. The van der Waals surface area contributed by atoms with Crippen LogP contribution in [-0.2, 0) is 6.42 Å². The molecule has 1 aliphatic rings. The van der Waals surface area contributed by atoms with Gasteiger partial charge in [0.2, 0.25) is 0 Å². The number of nitrogens with one attached hydrogen (secondary N) is 1. The van der Waals surface area contributed by atoms with Gasteiger partial charge in [0.1, 0.15) is 0 Å². The Morgan fingerprint density at radius 3 is 2.61 bits per heavy atom. The first-order valence-electron chi connectivity index (χ1n) is 8.15. The van der Waals surface area contributed by atoms with Crippen LogP contribution in [0.25, 0.3) is 0 Å². The van der Waals surface area contributed by atoms with Crippen molar-refractivity contribution in [2.75, 3.05) is 24.5 Å². The fourth-order valence-corrected chi connectivity index (χ4v) is 2.85. The average molecular weight is 310 g/mol. The smallest absolute Gasteiger partial charge is 0.271 e. The van der Waals surface area contributed by atoms with Crippen molar-refractivity contribution in [3.05, 3.63) is 53.2 Å². The molecule has 1 aromatic heterocycles. The zero-order valence-corrected chi connectivity index (χ0v) is 13.5. The van der Waals surface area contributed by atoms with Crippen molar-refractivity contribution < 1.29 is 4.79 Å². The van der Waals surface area contributed by atoms with Gasteiger partial charge in [0.25, 0.3) is 5.91 Å². The summed E-state index contributed by atoms with van der Waals surface area (Å²) in [5.74, 6) is 0.693. The molecule has 5 nitrogen and oxygen atoms in total. The van der Waals surface area contributed by atoms with Crippen LogP contribution in [0.15, 0.2) is 36.4 Å². The number of rotatable bonds is 5. The second-order valence-electron chi connectivity index (χ2n) is 5.90. The zero-order chi connectivity index (χ0) is 16.1. The molecule has 0 atom stereocenters. The van der Waals surface area contributed by atoms with Gasteiger partial charge in [0, 0.05) is 19.6 Å². The molecule has 5 heteroatoms. The van der Waals surface area contributed by atoms with Crippen LogP contribution in [0.5, 0.6) is 0 Å². The lowest BCUT2D eigenvalue weighted by Gasteiger charge is -2.15. The van der Waals surface area contributed by atoms with Crippen molar-refractivity contribution in [2.24, 2.45) is 0 Å². The van der Waals surface area contributed by atoms with Crippen LogP contribution < -0.4 is 10.2 Å². The number of carbonyl (C=O) groups is 1. The lowest BCUT2D eigenvalue weighted by atomic mass is 10.1. The summed E-state index contributed by atoms with van der Waals surface area (Å²) in [5.41, 5.74) is 2.87. The lowest BCUT2D eigenvalue weighted by molar-refractivity contribution is 0.0948. The van der Waals surface area contributed by atoms with Gasteiger partial charge in [-0.1, -0.05) is 24.3 Å². The Bertz CT molecular complexity index is 663. The topological polar surface area (TPSA) is 58.1 Å². The number of benzene rings is 1. The van der Waals surface area contributed by atoms with Gasteiger partial charge < -0.3 is 10.2 Å². The van der Waals surface area contributed by atoms with Gasteiger partial charge in [0.15, 0.2) is 11.5 Å². The highest BCUT2D eigenvalue weighted by atomic mass is 16.1. The van der Waals surface area contributed by atoms with Crippen LogP contribution >= 0.6 is 0 Å². The third-order valence-corrected chi connectivity index (χ3v) is 4.25. The lowest BCUT2D eigenvalue weighted by Crippen LogP contribution is -2.27. The highest BCUT2D eigenvalue weighted by Crippen LogP contribution is 2.16. The van der Waals surface area contributed by atoms with E-state index < -0.39 is 0 Å². The van der Waals surface area contributed by atoms with Crippen LogP contribution in [0.2, 0.25) is 0 Å². The summed E-state index contributed by atoms with van der Waals surface area (Å²) >= 11 is 0. The number of hydrogen-bond donors (Lipinski definition) is 1. The SMILES string of the molecule is Cc1ccccc1CCNC(=O)c1ccc(N2CCCC2)nn1. The predicted octanol–water partition coefficient (Wildman–Crippen LogP) is 2.36. The van der Waals surface area contributed by atoms with E-state index in [0.29, 0.717) is 12.2 Å². The number of nitrogens with zero attached hydrogens (tertiary/aromatic N) is 3.